The minimum atomic E-state index is -0.157. The molecule has 0 saturated heterocycles. The molecule has 0 spiro atoms. The molecule has 0 bridgehead atoms. The fourth-order valence-electron chi connectivity index (χ4n) is 3.94. The Balaban J connectivity index is 1.26. The van der Waals surface area contributed by atoms with Gasteiger partial charge >= 0.3 is 6.03 Å². The molecule has 4 aromatic rings. The van der Waals surface area contributed by atoms with Gasteiger partial charge in [0.15, 0.2) is 0 Å². The minimum Gasteiger partial charge on any atom is -0.457 e. The molecule has 166 valence electrons. The summed E-state index contributed by atoms with van der Waals surface area (Å²) in [5.74, 6) is 1.25. The van der Waals surface area contributed by atoms with Gasteiger partial charge in [0, 0.05) is 41.4 Å². The van der Waals surface area contributed by atoms with Crippen LogP contribution in [-0.4, -0.2) is 39.0 Å². The van der Waals surface area contributed by atoms with E-state index in [1.54, 1.807) is 29.4 Å². The summed E-state index contributed by atoms with van der Waals surface area (Å²) >= 11 is 6.02. The lowest BCUT2D eigenvalue weighted by Crippen LogP contribution is -2.37. The Bertz CT molecular complexity index is 1360. The maximum absolute atomic E-state index is 12.8. The van der Waals surface area contributed by atoms with E-state index in [1.807, 2.05) is 43.5 Å². The molecule has 5 rings (SSSR count). The van der Waals surface area contributed by atoms with Crippen molar-refractivity contribution in [2.24, 2.45) is 0 Å². The Morgan fingerprint density at radius 2 is 1.97 bits per heavy atom. The van der Waals surface area contributed by atoms with Crippen LogP contribution >= 0.6 is 11.6 Å². The van der Waals surface area contributed by atoms with Crippen molar-refractivity contribution in [3.63, 3.8) is 0 Å². The Kier molecular flexibility index (Phi) is 5.71. The molecule has 0 atom stereocenters. The second kappa shape index (κ2) is 8.96. The third-order valence-corrected chi connectivity index (χ3v) is 5.82. The van der Waals surface area contributed by atoms with Crippen LogP contribution in [0.3, 0.4) is 0 Å². The summed E-state index contributed by atoms with van der Waals surface area (Å²) in [5, 5.41) is 4.60. The summed E-state index contributed by atoms with van der Waals surface area (Å²) in [6.45, 7) is 3.15. The normalized spacial score (nSPS) is 13.6. The molecule has 1 aliphatic rings. The lowest BCUT2D eigenvalue weighted by Gasteiger charge is -2.26. The van der Waals surface area contributed by atoms with Crippen molar-refractivity contribution in [2.45, 2.75) is 13.3 Å². The number of ether oxygens (including phenoxy) is 1. The Morgan fingerprint density at radius 1 is 1.15 bits per heavy atom. The smallest absolute Gasteiger partial charge is 0.322 e. The highest BCUT2D eigenvalue weighted by Crippen LogP contribution is 2.29. The van der Waals surface area contributed by atoms with Gasteiger partial charge in [-0.2, -0.15) is 0 Å². The van der Waals surface area contributed by atoms with Gasteiger partial charge in [-0.15, -0.1) is 0 Å². The molecule has 2 aromatic heterocycles. The molecule has 2 amide bonds. The molecule has 33 heavy (non-hydrogen) atoms. The van der Waals surface area contributed by atoms with Gasteiger partial charge in [0.25, 0.3) is 0 Å². The second-order valence-electron chi connectivity index (χ2n) is 7.86. The first-order valence-corrected chi connectivity index (χ1v) is 11.0. The van der Waals surface area contributed by atoms with Crippen LogP contribution < -0.4 is 10.1 Å². The largest absolute Gasteiger partial charge is 0.457 e. The number of H-pyrrole nitrogens is 1. The molecule has 0 saturated carbocycles. The van der Waals surface area contributed by atoms with E-state index in [0.29, 0.717) is 35.3 Å². The number of hydrogen-bond donors (Lipinski definition) is 2. The lowest BCUT2D eigenvalue weighted by molar-refractivity contribution is 0.217. The van der Waals surface area contributed by atoms with E-state index >= 15 is 0 Å². The van der Waals surface area contributed by atoms with Gasteiger partial charge < -0.3 is 19.9 Å². The van der Waals surface area contributed by atoms with E-state index in [9.17, 15) is 4.79 Å². The highest BCUT2D eigenvalue weighted by molar-refractivity contribution is 6.30. The standard InChI is InChI=1S/C25H22ClN5O2/c1-16-14-27-24-22(16)23(28-15-29-24)17-8-10-31(11-9-17)25(32)30-19-5-3-7-21(13-19)33-20-6-2-4-18(26)12-20/h2-8,12-15H,9-11H2,1H3,(H,30,32)(H,27,28,29). The molecule has 0 aliphatic carbocycles. The first-order valence-electron chi connectivity index (χ1n) is 10.6. The number of benzene rings is 2. The maximum Gasteiger partial charge on any atom is 0.322 e. The predicted molar refractivity (Wildman–Crippen MR) is 130 cm³/mol. The van der Waals surface area contributed by atoms with E-state index < -0.39 is 0 Å². The van der Waals surface area contributed by atoms with E-state index in [1.165, 1.54) is 0 Å². The zero-order chi connectivity index (χ0) is 22.8. The summed E-state index contributed by atoms with van der Waals surface area (Å²) in [5.41, 5.74) is 4.67. The molecule has 3 heterocycles. The van der Waals surface area contributed by atoms with Gasteiger partial charge in [-0.3, -0.25) is 0 Å². The van der Waals surface area contributed by atoms with Crippen molar-refractivity contribution < 1.29 is 9.53 Å². The number of urea groups is 1. The molecule has 7 nitrogen and oxygen atoms in total. The number of amides is 2. The van der Waals surface area contributed by atoms with Crippen molar-refractivity contribution >= 4 is 39.9 Å². The minimum absolute atomic E-state index is 0.157. The SMILES string of the molecule is Cc1c[nH]c2ncnc(C3=CCN(C(=O)Nc4cccc(Oc5cccc(Cl)c5)c4)CC3)c12. The van der Waals surface area contributed by atoms with Crippen molar-refractivity contribution in [1.82, 2.24) is 19.9 Å². The maximum atomic E-state index is 12.8. The molecular weight excluding hydrogens is 438 g/mol. The highest BCUT2D eigenvalue weighted by atomic mass is 35.5. The van der Waals surface area contributed by atoms with Gasteiger partial charge in [-0.1, -0.05) is 29.8 Å². The predicted octanol–water partition coefficient (Wildman–Crippen LogP) is 6.03. The first kappa shape index (κ1) is 21.0. The number of carbonyl (C=O) groups excluding carboxylic acids is 1. The summed E-state index contributed by atoms with van der Waals surface area (Å²) in [4.78, 5) is 26.6. The molecule has 0 fully saturated rings. The van der Waals surface area contributed by atoms with E-state index in [-0.39, 0.29) is 6.03 Å². The van der Waals surface area contributed by atoms with Crippen molar-refractivity contribution in [3.8, 4) is 11.5 Å². The third kappa shape index (κ3) is 4.54. The number of aromatic amines is 1. The molecular formula is C25H22ClN5O2. The van der Waals surface area contributed by atoms with Crippen LogP contribution in [0.25, 0.3) is 16.6 Å². The molecule has 0 unspecified atom stereocenters. The number of hydrogen-bond acceptors (Lipinski definition) is 4. The van der Waals surface area contributed by atoms with Gasteiger partial charge in [0.05, 0.1) is 5.69 Å². The van der Waals surface area contributed by atoms with Crippen LogP contribution in [0.5, 0.6) is 11.5 Å². The number of nitrogens with zero attached hydrogens (tertiary/aromatic N) is 3. The van der Waals surface area contributed by atoms with E-state index in [2.05, 4.69) is 26.3 Å². The molecule has 2 aromatic carbocycles. The van der Waals surface area contributed by atoms with Crippen LogP contribution in [0.1, 0.15) is 17.7 Å². The lowest BCUT2D eigenvalue weighted by atomic mass is 10.0. The first-order chi connectivity index (χ1) is 16.1. The molecule has 0 radical (unpaired) electrons. The number of aromatic nitrogens is 3. The third-order valence-electron chi connectivity index (χ3n) is 5.58. The zero-order valence-corrected chi connectivity index (χ0v) is 18.8. The fourth-order valence-corrected chi connectivity index (χ4v) is 4.12. The van der Waals surface area contributed by atoms with Gasteiger partial charge in [-0.05, 0) is 54.8 Å². The van der Waals surface area contributed by atoms with Gasteiger partial charge in [0.2, 0.25) is 0 Å². The number of rotatable bonds is 4. The quantitative estimate of drug-likeness (QED) is 0.390. The average molecular weight is 460 g/mol. The Morgan fingerprint density at radius 3 is 2.76 bits per heavy atom. The summed E-state index contributed by atoms with van der Waals surface area (Å²) in [7, 11) is 0. The van der Waals surface area contributed by atoms with Crippen LogP contribution in [0.4, 0.5) is 10.5 Å². The average Bonchev–Trinajstić information content (AvgIpc) is 3.20. The zero-order valence-electron chi connectivity index (χ0n) is 18.0. The number of anilines is 1. The number of aryl methyl sites for hydroxylation is 1. The molecule has 2 N–H and O–H groups in total. The number of fused-ring (bicyclic) bond motifs is 1. The Labute approximate surface area is 196 Å². The summed E-state index contributed by atoms with van der Waals surface area (Å²) in [6, 6.07) is 14.3. The van der Waals surface area contributed by atoms with Gasteiger partial charge in [-0.25, -0.2) is 14.8 Å². The van der Waals surface area contributed by atoms with Crippen molar-refractivity contribution in [2.75, 3.05) is 18.4 Å². The van der Waals surface area contributed by atoms with Crippen molar-refractivity contribution in [3.05, 3.63) is 83.4 Å². The van der Waals surface area contributed by atoms with E-state index in [0.717, 1.165) is 34.3 Å². The number of halogens is 1. The van der Waals surface area contributed by atoms with Crippen LogP contribution in [0, 0.1) is 6.92 Å². The van der Waals surface area contributed by atoms with Gasteiger partial charge in [0.1, 0.15) is 23.5 Å². The van der Waals surface area contributed by atoms with Crippen LogP contribution in [0.15, 0.2) is 67.1 Å². The highest BCUT2D eigenvalue weighted by Gasteiger charge is 2.21. The number of carbonyl (C=O) groups is 1. The van der Waals surface area contributed by atoms with Crippen LogP contribution in [-0.2, 0) is 0 Å². The summed E-state index contributed by atoms with van der Waals surface area (Å²) in [6.07, 6.45) is 6.31. The van der Waals surface area contributed by atoms with Crippen molar-refractivity contribution in [1.29, 1.82) is 0 Å². The van der Waals surface area contributed by atoms with Crippen LogP contribution in [0.2, 0.25) is 5.02 Å². The monoisotopic (exact) mass is 459 g/mol. The second-order valence-corrected chi connectivity index (χ2v) is 8.30. The Hall–Kier alpha value is -3.84. The summed E-state index contributed by atoms with van der Waals surface area (Å²) < 4.78 is 5.85. The topological polar surface area (TPSA) is 83.1 Å². The van der Waals surface area contributed by atoms with E-state index in [4.69, 9.17) is 16.3 Å². The molecule has 1 aliphatic heterocycles. The molecule has 8 heteroatoms. The number of nitrogens with one attached hydrogen (secondary N) is 2. The fraction of sp³-hybridized carbons (Fsp3) is 0.160.